The quantitative estimate of drug-likeness (QED) is 0.285. The first-order valence-corrected chi connectivity index (χ1v) is 11.4. The van der Waals surface area contributed by atoms with Crippen LogP contribution in [0, 0.1) is 22.7 Å². The van der Waals surface area contributed by atoms with Crippen molar-refractivity contribution in [2.45, 2.75) is 39.7 Å². The number of rotatable bonds is 10. The minimum absolute atomic E-state index is 0.234. The van der Waals surface area contributed by atoms with Crippen molar-refractivity contribution in [2.75, 3.05) is 17.2 Å². The second kappa shape index (κ2) is 11.1. The van der Waals surface area contributed by atoms with Gasteiger partial charge in [-0.1, -0.05) is 49.7 Å². The number of nitrogens with one attached hydrogen (secondary N) is 3. The lowest BCUT2D eigenvalue weighted by atomic mass is 9.86. The third-order valence-electron chi connectivity index (χ3n) is 5.09. The summed E-state index contributed by atoms with van der Waals surface area (Å²) in [6, 6.07) is 17.3. The molecule has 0 unspecified atom stereocenters. The molecule has 0 radical (unpaired) electrons. The summed E-state index contributed by atoms with van der Waals surface area (Å²) in [6.07, 6.45) is 1.20. The number of halogens is 1. The fraction of sp³-hybridized carbons (Fsp3) is 0.308. The van der Waals surface area contributed by atoms with E-state index in [1.807, 2.05) is 56.3 Å². The van der Waals surface area contributed by atoms with Crippen molar-refractivity contribution in [1.82, 2.24) is 9.97 Å². The Morgan fingerprint density at radius 2 is 1.74 bits per heavy atom. The minimum atomic E-state index is -0.583. The molecule has 7 nitrogen and oxygen atoms in total. The lowest BCUT2D eigenvalue weighted by Gasteiger charge is -2.18. The maximum atomic E-state index is 9.39. The van der Waals surface area contributed by atoms with Gasteiger partial charge < -0.3 is 20.8 Å². The molecular weight excluding hydrogens is 448 g/mol. The lowest BCUT2D eigenvalue weighted by molar-refractivity contribution is 0.0924. The van der Waals surface area contributed by atoms with E-state index in [-0.39, 0.29) is 6.61 Å². The summed E-state index contributed by atoms with van der Waals surface area (Å²) < 4.78 is 5.76. The van der Waals surface area contributed by atoms with E-state index in [0.29, 0.717) is 46.3 Å². The number of hydrogen-bond donors (Lipinski definition) is 3. The standard InChI is InChI=1S/C26H29ClN6O/c1-17(2)14-34-15-23-32-24(30-19-11-9-18(10-12-19)26(3,4)16-29)20(13-28)25(33-23)31-22-8-6-5-7-21(22)27/h5-13,17,28H,14-15H2,1-4H3,(H2,30,31,32,33). The van der Waals surface area contributed by atoms with Crippen molar-refractivity contribution in [1.29, 1.82) is 10.7 Å². The zero-order valence-corrected chi connectivity index (χ0v) is 20.6. The van der Waals surface area contributed by atoms with Crippen LogP contribution in [0.4, 0.5) is 23.0 Å². The van der Waals surface area contributed by atoms with Crippen LogP contribution in [0.25, 0.3) is 0 Å². The first-order valence-electron chi connectivity index (χ1n) is 11.0. The number of aromatic nitrogens is 2. The van der Waals surface area contributed by atoms with Crippen LogP contribution < -0.4 is 10.6 Å². The van der Waals surface area contributed by atoms with E-state index < -0.39 is 5.41 Å². The summed E-state index contributed by atoms with van der Waals surface area (Å²) in [6.45, 7) is 8.73. The summed E-state index contributed by atoms with van der Waals surface area (Å²) in [4.78, 5) is 9.23. The lowest BCUT2D eigenvalue weighted by Crippen LogP contribution is -2.14. The Labute approximate surface area is 205 Å². The highest BCUT2D eigenvalue weighted by Gasteiger charge is 2.20. The van der Waals surface area contributed by atoms with Gasteiger partial charge in [-0.05, 0) is 49.6 Å². The van der Waals surface area contributed by atoms with Gasteiger partial charge in [-0.25, -0.2) is 9.97 Å². The van der Waals surface area contributed by atoms with Crippen LogP contribution in [0.15, 0.2) is 48.5 Å². The fourth-order valence-corrected chi connectivity index (χ4v) is 3.34. The first-order chi connectivity index (χ1) is 16.2. The summed E-state index contributed by atoms with van der Waals surface area (Å²) in [7, 11) is 0. The number of para-hydroxylation sites is 1. The van der Waals surface area contributed by atoms with Gasteiger partial charge in [-0.3, -0.25) is 0 Å². The van der Waals surface area contributed by atoms with Crippen LogP contribution in [0.3, 0.4) is 0 Å². The maximum absolute atomic E-state index is 9.39. The predicted molar refractivity (Wildman–Crippen MR) is 138 cm³/mol. The smallest absolute Gasteiger partial charge is 0.158 e. The second-order valence-corrected chi connectivity index (χ2v) is 9.26. The number of benzene rings is 2. The normalized spacial score (nSPS) is 11.2. The third-order valence-corrected chi connectivity index (χ3v) is 5.42. The van der Waals surface area contributed by atoms with Crippen LogP contribution >= 0.6 is 11.6 Å². The number of nitrogens with zero attached hydrogens (tertiary/aromatic N) is 3. The molecule has 1 heterocycles. The van der Waals surface area contributed by atoms with Gasteiger partial charge in [0, 0.05) is 18.5 Å². The van der Waals surface area contributed by atoms with E-state index >= 15 is 0 Å². The third kappa shape index (κ3) is 6.31. The molecule has 3 N–H and O–H groups in total. The highest BCUT2D eigenvalue weighted by atomic mass is 35.5. The molecule has 3 aromatic rings. The topological polar surface area (TPSA) is 107 Å². The van der Waals surface area contributed by atoms with E-state index in [9.17, 15) is 5.26 Å². The Morgan fingerprint density at radius 1 is 1.09 bits per heavy atom. The number of ether oxygens (including phenoxy) is 1. The number of nitriles is 1. The molecule has 0 amide bonds. The van der Waals surface area contributed by atoms with Gasteiger partial charge in [-0.15, -0.1) is 0 Å². The Kier molecular flexibility index (Phi) is 8.21. The summed E-state index contributed by atoms with van der Waals surface area (Å²) in [5, 5.41) is 24.5. The summed E-state index contributed by atoms with van der Waals surface area (Å²) >= 11 is 6.33. The van der Waals surface area contributed by atoms with Crippen LogP contribution in [0.2, 0.25) is 5.02 Å². The zero-order valence-electron chi connectivity index (χ0n) is 19.8. The molecule has 8 heteroatoms. The van der Waals surface area contributed by atoms with Crippen LogP contribution in [0.5, 0.6) is 0 Å². The summed E-state index contributed by atoms with van der Waals surface area (Å²) in [5.74, 6) is 1.78. The first kappa shape index (κ1) is 25.2. The molecule has 2 aromatic carbocycles. The van der Waals surface area contributed by atoms with E-state index in [1.165, 1.54) is 6.21 Å². The van der Waals surface area contributed by atoms with Gasteiger partial charge >= 0.3 is 0 Å². The minimum Gasteiger partial charge on any atom is -0.373 e. The van der Waals surface area contributed by atoms with Crippen LogP contribution in [-0.4, -0.2) is 22.8 Å². The van der Waals surface area contributed by atoms with Crippen molar-refractivity contribution < 1.29 is 4.74 Å². The van der Waals surface area contributed by atoms with Crippen molar-refractivity contribution >= 4 is 40.8 Å². The van der Waals surface area contributed by atoms with Gasteiger partial charge in [0.25, 0.3) is 0 Å². The van der Waals surface area contributed by atoms with Gasteiger partial charge in [0.1, 0.15) is 18.2 Å². The van der Waals surface area contributed by atoms with Crippen molar-refractivity contribution in [2.24, 2.45) is 5.92 Å². The Balaban J connectivity index is 1.97. The van der Waals surface area contributed by atoms with E-state index in [2.05, 4.69) is 40.5 Å². The van der Waals surface area contributed by atoms with E-state index in [0.717, 1.165) is 11.3 Å². The molecule has 0 aliphatic carbocycles. The Bertz CT molecular complexity index is 1180. The fourth-order valence-electron chi connectivity index (χ4n) is 3.16. The molecule has 3 rings (SSSR count). The highest BCUT2D eigenvalue weighted by molar-refractivity contribution is 6.33. The molecule has 1 aromatic heterocycles. The monoisotopic (exact) mass is 476 g/mol. The Hall–Kier alpha value is -3.47. The van der Waals surface area contributed by atoms with Crippen molar-refractivity contribution in [3.8, 4) is 6.07 Å². The molecule has 0 saturated heterocycles. The molecule has 0 bridgehead atoms. The van der Waals surface area contributed by atoms with E-state index in [4.69, 9.17) is 21.7 Å². The molecule has 176 valence electrons. The Morgan fingerprint density at radius 3 is 2.32 bits per heavy atom. The van der Waals surface area contributed by atoms with Crippen molar-refractivity contribution in [3.05, 3.63) is 70.5 Å². The van der Waals surface area contributed by atoms with Crippen LogP contribution in [0.1, 0.15) is 44.6 Å². The van der Waals surface area contributed by atoms with Crippen LogP contribution in [-0.2, 0) is 16.8 Å². The predicted octanol–water partition coefficient (Wildman–Crippen LogP) is 6.59. The average Bonchev–Trinajstić information content (AvgIpc) is 2.81. The van der Waals surface area contributed by atoms with Crippen molar-refractivity contribution in [3.63, 3.8) is 0 Å². The van der Waals surface area contributed by atoms with Gasteiger partial charge in [-0.2, -0.15) is 5.26 Å². The molecule has 0 fully saturated rings. The van der Waals surface area contributed by atoms with E-state index in [1.54, 1.807) is 6.07 Å². The number of anilines is 4. The average molecular weight is 477 g/mol. The molecule has 0 atom stereocenters. The highest BCUT2D eigenvalue weighted by Crippen LogP contribution is 2.30. The molecule has 0 aliphatic heterocycles. The largest absolute Gasteiger partial charge is 0.373 e. The molecule has 0 saturated carbocycles. The summed E-state index contributed by atoms with van der Waals surface area (Å²) in [5.41, 5.74) is 2.26. The molecule has 0 aliphatic rings. The number of hydrogen-bond acceptors (Lipinski definition) is 7. The molecule has 34 heavy (non-hydrogen) atoms. The van der Waals surface area contributed by atoms with Gasteiger partial charge in [0.2, 0.25) is 0 Å². The van der Waals surface area contributed by atoms with Gasteiger partial charge in [0.15, 0.2) is 5.82 Å². The second-order valence-electron chi connectivity index (χ2n) is 8.85. The maximum Gasteiger partial charge on any atom is 0.158 e. The van der Waals surface area contributed by atoms with Gasteiger partial charge in [0.05, 0.1) is 27.8 Å². The molecule has 0 spiro atoms. The molecular formula is C26H29ClN6O. The zero-order chi connectivity index (χ0) is 24.7. The SMILES string of the molecule is CC(C)COCc1nc(Nc2ccc(C(C)(C)C#N)cc2)c(C=N)c(Nc2ccccc2Cl)n1.